The molecule has 1 saturated heterocycles. The number of benzene rings is 1. The minimum Gasteiger partial charge on any atom is -0.365 e. The van der Waals surface area contributed by atoms with Crippen LogP contribution in [-0.2, 0) is 0 Å². The van der Waals surface area contributed by atoms with E-state index in [1.807, 2.05) is 0 Å². The van der Waals surface area contributed by atoms with Crippen molar-refractivity contribution in [3.8, 4) is 0 Å². The average Bonchev–Trinajstić information content (AvgIpc) is 2.43. The lowest BCUT2D eigenvalue weighted by molar-refractivity contribution is 0.371. The fraction of sp³-hybridized carbons (Fsp3) is 0.500. The second-order valence-corrected chi connectivity index (χ2v) is 4.49. The Morgan fingerprint density at radius 1 is 0.947 bits per heavy atom. The number of rotatable bonds is 2. The van der Waals surface area contributed by atoms with E-state index in [4.69, 9.17) is 0 Å². The first-order valence-electron chi connectivity index (χ1n) is 5.91. The van der Waals surface area contributed by atoms with Crippen molar-refractivity contribution in [2.24, 2.45) is 0 Å². The van der Waals surface area contributed by atoms with Gasteiger partial charge in [0, 0.05) is 19.1 Å². The maximum Gasteiger partial charge on any atom is 0.200 e. The molecule has 2 rings (SSSR count). The number of hydrogen-bond donors (Lipinski definition) is 1. The van der Waals surface area contributed by atoms with Gasteiger partial charge in [-0.05, 0) is 19.9 Å². The van der Waals surface area contributed by atoms with Crippen molar-refractivity contribution in [2.75, 3.05) is 25.0 Å². The largest absolute Gasteiger partial charge is 0.365 e. The Bertz CT molecular complexity index is 462. The molecule has 1 heterocycles. The summed E-state index contributed by atoms with van der Waals surface area (Å²) in [4.78, 5) is 1.20. The van der Waals surface area contributed by atoms with Crippen LogP contribution in [0, 0.1) is 29.1 Å². The second kappa shape index (κ2) is 5.32. The Morgan fingerprint density at radius 2 is 1.47 bits per heavy atom. The molecule has 19 heavy (non-hydrogen) atoms. The Labute approximate surface area is 107 Å². The topological polar surface area (TPSA) is 15.3 Å². The van der Waals surface area contributed by atoms with E-state index in [0.717, 1.165) is 6.42 Å². The summed E-state index contributed by atoms with van der Waals surface area (Å²) >= 11 is 0. The molecule has 1 fully saturated rings. The highest BCUT2D eigenvalue weighted by atomic mass is 19.2. The van der Waals surface area contributed by atoms with E-state index >= 15 is 0 Å². The van der Waals surface area contributed by atoms with Crippen LogP contribution in [0.15, 0.2) is 0 Å². The van der Waals surface area contributed by atoms with E-state index in [-0.39, 0.29) is 19.1 Å². The van der Waals surface area contributed by atoms with Crippen LogP contribution in [0.25, 0.3) is 0 Å². The second-order valence-electron chi connectivity index (χ2n) is 4.49. The van der Waals surface area contributed by atoms with Crippen LogP contribution in [0.2, 0.25) is 0 Å². The molecule has 1 unspecified atom stereocenters. The number of hydrogen-bond acceptors (Lipinski definition) is 2. The molecule has 0 aliphatic carbocycles. The van der Waals surface area contributed by atoms with Crippen molar-refractivity contribution in [1.82, 2.24) is 5.32 Å². The Kier molecular flexibility index (Phi) is 3.93. The number of nitrogens with zero attached hydrogens (tertiary/aromatic N) is 1. The van der Waals surface area contributed by atoms with Crippen LogP contribution in [0.3, 0.4) is 0 Å². The van der Waals surface area contributed by atoms with E-state index in [2.05, 4.69) is 5.32 Å². The maximum absolute atomic E-state index is 13.6. The fourth-order valence-corrected chi connectivity index (χ4v) is 2.29. The smallest absolute Gasteiger partial charge is 0.200 e. The molecular formula is C12H13F5N2. The summed E-state index contributed by atoms with van der Waals surface area (Å²) in [7, 11) is 1.69. The van der Waals surface area contributed by atoms with Crippen LogP contribution >= 0.6 is 0 Å². The van der Waals surface area contributed by atoms with Crippen molar-refractivity contribution in [2.45, 2.75) is 18.9 Å². The normalized spacial score (nSPS) is 19.9. The van der Waals surface area contributed by atoms with Gasteiger partial charge in [0.1, 0.15) is 5.69 Å². The van der Waals surface area contributed by atoms with Crippen molar-refractivity contribution in [1.29, 1.82) is 0 Å². The van der Waals surface area contributed by atoms with Crippen LogP contribution in [-0.4, -0.2) is 26.2 Å². The standard InChI is InChI=1S/C12H13F5N2/c1-18-6-3-2-4-19(5-6)12-10(16)8(14)7(13)9(15)11(12)17/h6,18H,2-5H2,1H3. The molecule has 0 aromatic heterocycles. The number of likely N-dealkylation sites (N-methyl/N-ethyl adjacent to an activating group) is 1. The van der Waals surface area contributed by atoms with Gasteiger partial charge in [-0.25, -0.2) is 22.0 Å². The van der Waals surface area contributed by atoms with Gasteiger partial charge in [-0.3, -0.25) is 0 Å². The quantitative estimate of drug-likeness (QED) is 0.509. The molecule has 0 saturated carbocycles. The monoisotopic (exact) mass is 280 g/mol. The van der Waals surface area contributed by atoms with Gasteiger partial charge in [-0.15, -0.1) is 0 Å². The highest BCUT2D eigenvalue weighted by Gasteiger charge is 2.31. The molecule has 1 N–H and O–H groups in total. The third-order valence-electron chi connectivity index (χ3n) is 3.33. The molecule has 1 aromatic rings. The Morgan fingerprint density at radius 3 is 2.00 bits per heavy atom. The molecule has 1 aromatic carbocycles. The van der Waals surface area contributed by atoms with E-state index in [9.17, 15) is 22.0 Å². The zero-order valence-electron chi connectivity index (χ0n) is 10.2. The molecule has 1 aliphatic heterocycles. The summed E-state index contributed by atoms with van der Waals surface area (Å²) < 4.78 is 66.5. The molecule has 0 amide bonds. The highest BCUT2D eigenvalue weighted by Crippen LogP contribution is 2.31. The summed E-state index contributed by atoms with van der Waals surface area (Å²) in [6.07, 6.45) is 1.41. The van der Waals surface area contributed by atoms with Crippen LogP contribution in [0.5, 0.6) is 0 Å². The van der Waals surface area contributed by atoms with E-state index in [1.165, 1.54) is 4.90 Å². The van der Waals surface area contributed by atoms with Gasteiger partial charge >= 0.3 is 0 Å². The predicted octanol–water partition coefficient (Wildman–Crippen LogP) is 2.57. The van der Waals surface area contributed by atoms with Gasteiger partial charge < -0.3 is 10.2 Å². The summed E-state index contributed by atoms with van der Waals surface area (Å²) in [5.41, 5.74) is -0.837. The van der Waals surface area contributed by atoms with Gasteiger partial charge in [0.15, 0.2) is 23.3 Å². The Hall–Kier alpha value is -1.37. The first-order valence-corrected chi connectivity index (χ1v) is 5.91. The molecule has 7 heteroatoms. The van der Waals surface area contributed by atoms with Crippen molar-refractivity contribution >= 4 is 5.69 Å². The zero-order valence-corrected chi connectivity index (χ0v) is 10.2. The lowest BCUT2D eigenvalue weighted by Gasteiger charge is -2.34. The van der Waals surface area contributed by atoms with Crippen LogP contribution in [0.1, 0.15) is 12.8 Å². The molecule has 2 nitrogen and oxygen atoms in total. The lowest BCUT2D eigenvalue weighted by atomic mass is 10.0. The van der Waals surface area contributed by atoms with E-state index < -0.39 is 34.8 Å². The lowest BCUT2D eigenvalue weighted by Crippen LogP contribution is -2.45. The third kappa shape index (κ3) is 2.39. The van der Waals surface area contributed by atoms with Crippen LogP contribution in [0.4, 0.5) is 27.6 Å². The van der Waals surface area contributed by atoms with Gasteiger partial charge in [0.05, 0.1) is 0 Å². The van der Waals surface area contributed by atoms with Gasteiger partial charge in [0.25, 0.3) is 0 Å². The summed E-state index contributed by atoms with van der Waals surface area (Å²) in [6, 6.07) is -0.0382. The number of halogens is 5. The molecular weight excluding hydrogens is 267 g/mol. The first kappa shape index (κ1) is 14.0. The fourth-order valence-electron chi connectivity index (χ4n) is 2.29. The average molecular weight is 280 g/mol. The number of piperidine rings is 1. The van der Waals surface area contributed by atoms with Crippen molar-refractivity contribution in [3.05, 3.63) is 29.1 Å². The zero-order chi connectivity index (χ0) is 14.2. The first-order chi connectivity index (χ1) is 8.97. The van der Waals surface area contributed by atoms with E-state index in [1.54, 1.807) is 7.05 Å². The number of anilines is 1. The van der Waals surface area contributed by atoms with Crippen molar-refractivity contribution < 1.29 is 22.0 Å². The summed E-state index contributed by atoms with van der Waals surface area (Å²) in [6.45, 7) is 0.464. The summed E-state index contributed by atoms with van der Waals surface area (Å²) in [5, 5.41) is 2.94. The van der Waals surface area contributed by atoms with Crippen molar-refractivity contribution in [3.63, 3.8) is 0 Å². The van der Waals surface area contributed by atoms with Gasteiger partial charge in [-0.2, -0.15) is 0 Å². The maximum atomic E-state index is 13.6. The minimum atomic E-state index is -2.12. The minimum absolute atomic E-state index is 0.0382. The molecule has 0 radical (unpaired) electrons. The van der Waals surface area contributed by atoms with E-state index in [0.29, 0.717) is 6.42 Å². The molecule has 0 bridgehead atoms. The van der Waals surface area contributed by atoms with Gasteiger partial charge in [0.2, 0.25) is 5.82 Å². The molecule has 1 atom stereocenters. The summed E-state index contributed by atoms with van der Waals surface area (Å²) in [5.74, 6) is -9.47. The molecule has 1 aliphatic rings. The highest BCUT2D eigenvalue weighted by molar-refractivity contribution is 5.51. The molecule has 0 spiro atoms. The SMILES string of the molecule is CNC1CCCN(c2c(F)c(F)c(F)c(F)c2F)C1. The molecule has 106 valence electrons. The third-order valence-corrected chi connectivity index (χ3v) is 3.33. The Balaban J connectivity index is 2.44. The predicted molar refractivity (Wildman–Crippen MR) is 60.5 cm³/mol. The van der Waals surface area contributed by atoms with Gasteiger partial charge in [-0.1, -0.05) is 0 Å². The van der Waals surface area contributed by atoms with Crippen LogP contribution < -0.4 is 10.2 Å². The number of nitrogens with one attached hydrogen (secondary N) is 1.